The summed E-state index contributed by atoms with van der Waals surface area (Å²) < 4.78 is 22.4. The maximum Gasteiger partial charge on any atom is 0.354 e. The van der Waals surface area contributed by atoms with Crippen LogP contribution >= 0.6 is 30.8 Å². The molecule has 1 aromatic rings. The van der Waals surface area contributed by atoms with Crippen molar-refractivity contribution < 1.29 is 23.5 Å². The van der Waals surface area contributed by atoms with Crippen molar-refractivity contribution in [1.29, 1.82) is 0 Å². The predicted molar refractivity (Wildman–Crippen MR) is 83.3 cm³/mol. The largest absolute Gasteiger partial charge is 0.478 e. The van der Waals surface area contributed by atoms with Crippen molar-refractivity contribution in [3.05, 3.63) is 39.1 Å². The van der Waals surface area contributed by atoms with Crippen molar-refractivity contribution in [2.45, 2.75) is 13.8 Å². The second-order valence-electron chi connectivity index (χ2n) is 3.86. The molecule has 0 radical (unpaired) electrons. The standard InChI is InChI=1S/C13H15Cl2O5P/c1-3-19-21(18,20-4-2)6-5-9-7-10(14)12(13(16)17)11(15)8-9/h5-8H,3-4H2,1-2H3,(H,16,17)/b6-5+. The van der Waals surface area contributed by atoms with E-state index in [0.717, 1.165) is 0 Å². The highest BCUT2D eigenvalue weighted by Gasteiger charge is 2.19. The van der Waals surface area contributed by atoms with Crippen LogP contribution in [0.5, 0.6) is 0 Å². The zero-order valence-electron chi connectivity index (χ0n) is 11.5. The topological polar surface area (TPSA) is 72.8 Å². The molecular formula is C13H15Cl2O5P. The average molecular weight is 353 g/mol. The number of carbonyl (C=O) groups is 1. The summed E-state index contributed by atoms with van der Waals surface area (Å²) in [5, 5.41) is 8.96. The summed E-state index contributed by atoms with van der Waals surface area (Å²) >= 11 is 11.7. The van der Waals surface area contributed by atoms with Crippen molar-refractivity contribution in [3.63, 3.8) is 0 Å². The molecule has 0 atom stereocenters. The van der Waals surface area contributed by atoms with Crippen LogP contribution < -0.4 is 0 Å². The van der Waals surface area contributed by atoms with E-state index in [2.05, 4.69) is 0 Å². The Hall–Kier alpha value is -0.840. The van der Waals surface area contributed by atoms with E-state index in [9.17, 15) is 9.36 Å². The number of rotatable bonds is 7. The number of aromatic carboxylic acids is 1. The first-order valence-electron chi connectivity index (χ1n) is 6.13. The number of hydrogen-bond donors (Lipinski definition) is 1. The molecule has 0 aliphatic carbocycles. The lowest BCUT2D eigenvalue weighted by Gasteiger charge is -2.12. The van der Waals surface area contributed by atoms with E-state index in [0.29, 0.717) is 5.56 Å². The Morgan fingerprint density at radius 2 is 1.71 bits per heavy atom. The fraction of sp³-hybridized carbons (Fsp3) is 0.308. The maximum atomic E-state index is 12.2. The third kappa shape index (κ3) is 5.13. The molecule has 0 saturated carbocycles. The Morgan fingerprint density at radius 1 is 1.24 bits per heavy atom. The third-order valence-corrected chi connectivity index (χ3v) is 4.69. The molecule has 1 N–H and O–H groups in total. The van der Waals surface area contributed by atoms with E-state index in [-0.39, 0.29) is 28.8 Å². The van der Waals surface area contributed by atoms with Crippen molar-refractivity contribution in [2.24, 2.45) is 0 Å². The molecule has 1 aromatic carbocycles. The van der Waals surface area contributed by atoms with Gasteiger partial charge >= 0.3 is 13.6 Å². The van der Waals surface area contributed by atoms with Gasteiger partial charge in [0.15, 0.2) is 0 Å². The number of halogens is 2. The minimum atomic E-state index is -3.33. The monoisotopic (exact) mass is 352 g/mol. The predicted octanol–water partition coefficient (Wildman–Crippen LogP) is 4.93. The first-order chi connectivity index (χ1) is 9.83. The lowest BCUT2D eigenvalue weighted by atomic mass is 10.1. The molecule has 0 unspecified atom stereocenters. The van der Waals surface area contributed by atoms with Gasteiger partial charge in [-0.2, -0.15) is 0 Å². The van der Waals surface area contributed by atoms with Gasteiger partial charge in [0.2, 0.25) is 0 Å². The molecule has 0 amide bonds. The summed E-state index contributed by atoms with van der Waals surface area (Å²) in [6, 6.07) is 2.82. The molecule has 0 aromatic heterocycles. The first kappa shape index (κ1) is 18.2. The fourth-order valence-electron chi connectivity index (χ4n) is 1.55. The van der Waals surface area contributed by atoms with Crippen molar-refractivity contribution >= 4 is 42.8 Å². The van der Waals surface area contributed by atoms with E-state index in [1.807, 2.05) is 0 Å². The Bertz CT molecular complexity index is 567. The van der Waals surface area contributed by atoms with Crippen LogP contribution in [0.15, 0.2) is 17.9 Å². The molecular weight excluding hydrogens is 338 g/mol. The molecule has 116 valence electrons. The summed E-state index contributed by atoms with van der Waals surface area (Å²) in [5.74, 6) is 0.0810. The average Bonchev–Trinajstić information content (AvgIpc) is 2.36. The van der Waals surface area contributed by atoms with Crippen LogP contribution in [-0.2, 0) is 13.6 Å². The Morgan fingerprint density at radius 3 is 2.10 bits per heavy atom. The van der Waals surface area contributed by atoms with Gasteiger partial charge in [0.25, 0.3) is 0 Å². The van der Waals surface area contributed by atoms with Gasteiger partial charge in [-0.05, 0) is 37.6 Å². The third-order valence-electron chi connectivity index (χ3n) is 2.35. The highest BCUT2D eigenvalue weighted by Crippen LogP contribution is 2.50. The normalized spacial score (nSPS) is 12.0. The molecule has 0 fully saturated rings. The second-order valence-corrected chi connectivity index (χ2v) is 6.56. The minimum Gasteiger partial charge on any atom is -0.478 e. The molecule has 21 heavy (non-hydrogen) atoms. The molecule has 1 rings (SSSR count). The van der Waals surface area contributed by atoms with E-state index in [1.165, 1.54) is 24.0 Å². The summed E-state index contributed by atoms with van der Waals surface area (Å²) in [6.07, 6.45) is 1.47. The number of carboxylic acids is 1. The van der Waals surface area contributed by atoms with E-state index >= 15 is 0 Å². The van der Waals surface area contributed by atoms with Crippen molar-refractivity contribution in [2.75, 3.05) is 13.2 Å². The number of carboxylic acid groups (broad SMARTS) is 1. The summed E-state index contributed by atoms with van der Waals surface area (Å²) in [4.78, 5) is 11.0. The van der Waals surface area contributed by atoms with Crippen LogP contribution in [-0.4, -0.2) is 24.3 Å². The number of hydrogen-bond acceptors (Lipinski definition) is 4. The molecule has 0 aliphatic rings. The van der Waals surface area contributed by atoms with Gasteiger partial charge in [0, 0.05) is 5.82 Å². The lowest BCUT2D eigenvalue weighted by molar-refractivity contribution is 0.0697. The van der Waals surface area contributed by atoms with Crippen LogP contribution in [0.3, 0.4) is 0 Å². The van der Waals surface area contributed by atoms with Gasteiger partial charge < -0.3 is 14.2 Å². The Kier molecular flexibility index (Phi) is 6.91. The van der Waals surface area contributed by atoms with Crippen LogP contribution in [0.25, 0.3) is 6.08 Å². The van der Waals surface area contributed by atoms with Crippen molar-refractivity contribution in [3.8, 4) is 0 Å². The molecule has 8 heteroatoms. The number of benzene rings is 1. The zero-order chi connectivity index (χ0) is 16.0. The van der Waals surface area contributed by atoms with Gasteiger partial charge in [0.1, 0.15) is 0 Å². The summed E-state index contributed by atoms with van der Waals surface area (Å²) in [5.41, 5.74) is 0.322. The van der Waals surface area contributed by atoms with E-state index in [4.69, 9.17) is 37.4 Å². The second kappa shape index (κ2) is 7.97. The highest BCUT2D eigenvalue weighted by molar-refractivity contribution is 7.57. The van der Waals surface area contributed by atoms with E-state index in [1.54, 1.807) is 13.8 Å². The smallest absolute Gasteiger partial charge is 0.354 e. The molecule has 0 bridgehead atoms. The molecule has 0 heterocycles. The van der Waals surface area contributed by atoms with Gasteiger partial charge in [-0.25, -0.2) is 4.79 Å². The Balaban J connectivity index is 3.10. The molecule has 5 nitrogen and oxygen atoms in total. The molecule has 0 aliphatic heterocycles. The van der Waals surface area contributed by atoms with Crippen LogP contribution in [0.2, 0.25) is 10.0 Å². The van der Waals surface area contributed by atoms with Crippen LogP contribution in [0, 0.1) is 0 Å². The first-order valence-corrected chi connectivity index (χ1v) is 8.50. The molecule has 0 saturated heterocycles. The fourth-order valence-corrected chi connectivity index (χ4v) is 3.54. The van der Waals surface area contributed by atoms with Gasteiger partial charge in [-0.15, -0.1) is 0 Å². The van der Waals surface area contributed by atoms with Gasteiger partial charge in [-0.1, -0.05) is 23.2 Å². The molecule has 0 spiro atoms. The maximum absolute atomic E-state index is 12.2. The highest BCUT2D eigenvalue weighted by atomic mass is 35.5. The Labute approximate surface area is 133 Å². The summed E-state index contributed by atoms with van der Waals surface area (Å²) in [6.45, 7) is 3.88. The quantitative estimate of drug-likeness (QED) is 0.704. The lowest BCUT2D eigenvalue weighted by Crippen LogP contribution is -1.99. The summed E-state index contributed by atoms with van der Waals surface area (Å²) in [7, 11) is -3.33. The van der Waals surface area contributed by atoms with Crippen LogP contribution in [0.1, 0.15) is 29.8 Å². The SMILES string of the molecule is CCOP(=O)(/C=C/c1cc(Cl)c(C(=O)O)c(Cl)c1)OCC. The zero-order valence-corrected chi connectivity index (χ0v) is 13.9. The van der Waals surface area contributed by atoms with Gasteiger partial charge in [0.05, 0.1) is 28.8 Å². The van der Waals surface area contributed by atoms with Crippen LogP contribution in [0.4, 0.5) is 0 Å². The minimum absolute atomic E-state index is 0.00250. The van der Waals surface area contributed by atoms with Gasteiger partial charge in [-0.3, -0.25) is 4.57 Å². The van der Waals surface area contributed by atoms with E-state index < -0.39 is 13.6 Å². The van der Waals surface area contributed by atoms with Crippen molar-refractivity contribution in [1.82, 2.24) is 0 Å².